The molecule has 2 aromatic rings. The SMILES string of the molecule is Cl.O=C(NCCC1CCCNC1)c1cnn(-c2ccccc2)n1. The fraction of sp³-hybridized carbons (Fsp3) is 0.438. The Bertz CT molecular complexity index is 610. The number of piperidine rings is 1. The Balaban J connectivity index is 0.00000192. The van der Waals surface area contributed by atoms with Crippen molar-refractivity contribution in [2.75, 3.05) is 19.6 Å². The van der Waals surface area contributed by atoms with Crippen molar-refractivity contribution in [3.8, 4) is 5.69 Å². The number of hydrogen-bond acceptors (Lipinski definition) is 4. The second kappa shape index (κ2) is 8.64. The zero-order valence-electron chi connectivity index (χ0n) is 12.9. The smallest absolute Gasteiger partial charge is 0.273 e. The summed E-state index contributed by atoms with van der Waals surface area (Å²) >= 11 is 0. The van der Waals surface area contributed by atoms with E-state index < -0.39 is 0 Å². The van der Waals surface area contributed by atoms with Gasteiger partial charge < -0.3 is 10.6 Å². The number of hydrogen-bond donors (Lipinski definition) is 2. The largest absolute Gasteiger partial charge is 0.351 e. The fourth-order valence-electron chi connectivity index (χ4n) is 2.70. The van der Waals surface area contributed by atoms with Gasteiger partial charge in [-0.15, -0.1) is 17.5 Å². The van der Waals surface area contributed by atoms with Gasteiger partial charge in [0.25, 0.3) is 5.91 Å². The topological polar surface area (TPSA) is 71.8 Å². The van der Waals surface area contributed by atoms with Crippen LogP contribution in [0.15, 0.2) is 36.5 Å². The van der Waals surface area contributed by atoms with Gasteiger partial charge >= 0.3 is 0 Å². The molecule has 7 heteroatoms. The van der Waals surface area contributed by atoms with Gasteiger partial charge in [-0.2, -0.15) is 9.90 Å². The van der Waals surface area contributed by atoms with Gasteiger partial charge in [-0.3, -0.25) is 4.79 Å². The minimum atomic E-state index is -0.161. The molecule has 1 aliphatic rings. The molecular weight excluding hydrogens is 314 g/mol. The number of nitrogens with zero attached hydrogens (tertiary/aromatic N) is 3. The summed E-state index contributed by atoms with van der Waals surface area (Å²) in [5, 5.41) is 14.7. The predicted octanol–water partition coefficient (Wildman–Crippen LogP) is 1.81. The number of nitrogens with one attached hydrogen (secondary N) is 2. The van der Waals surface area contributed by atoms with Crippen LogP contribution in [0.5, 0.6) is 0 Å². The van der Waals surface area contributed by atoms with Gasteiger partial charge in [0.1, 0.15) is 0 Å². The molecule has 1 unspecified atom stereocenters. The maximum atomic E-state index is 12.1. The van der Waals surface area contributed by atoms with Crippen LogP contribution in [0.4, 0.5) is 0 Å². The number of carbonyl (C=O) groups excluding carboxylic acids is 1. The van der Waals surface area contributed by atoms with Gasteiger partial charge in [0.05, 0.1) is 11.9 Å². The number of para-hydroxylation sites is 1. The molecule has 2 N–H and O–H groups in total. The maximum absolute atomic E-state index is 12.1. The van der Waals surface area contributed by atoms with Crippen molar-refractivity contribution in [1.82, 2.24) is 25.6 Å². The Kier molecular flexibility index (Phi) is 6.55. The highest BCUT2D eigenvalue weighted by atomic mass is 35.5. The van der Waals surface area contributed by atoms with Crippen LogP contribution in [0, 0.1) is 5.92 Å². The first-order chi connectivity index (χ1) is 10.8. The van der Waals surface area contributed by atoms with Crippen molar-refractivity contribution in [3.05, 3.63) is 42.2 Å². The highest BCUT2D eigenvalue weighted by Crippen LogP contribution is 2.13. The molecule has 1 aliphatic heterocycles. The molecule has 1 atom stereocenters. The van der Waals surface area contributed by atoms with Gasteiger partial charge in [0.15, 0.2) is 5.69 Å². The van der Waals surface area contributed by atoms with Gasteiger partial charge in [0, 0.05) is 6.54 Å². The van der Waals surface area contributed by atoms with E-state index in [1.54, 1.807) is 0 Å². The molecule has 3 rings (SSSR count). The van der Waals surface area contributed by atoms with Gasteiger partial charge in [-0.05, 0) is 50.4 Å². The minimum absolute atomic E-state index is 0. The molecule has 1 fully saturated rings. The molecule has 0 spiro atoms. The summed E-state index contributed by atoms with van der Waals surface area (Å²) in [6, 6.07) is 9.56. The molecule has 1 amide bonds. The molecule has 1 saturated heterocycles. The lowest BCUT2D eigenvalue weighted by Crippen LogP contribution is -2.33. The summed E-state index contributed by atoms with van der Waals surface area (Å²) in [7, 11) is 0. The monoisotopic (exact) mass is 335 g/mol. The third kappa shape index (κ3) is 4.77. The minimum Gasteiger partial charge on any atom is -0.351 e. The second-order valence-electron chi connectivity index (χ2n) is 5.61. The third-order valence-corrected chi connectivity index (χ3v) is 3.95. The van der Waals surface area contributed by atoms with Crippen LogP contribution in [0.3, 0.4) is 0 Å². The lowest BCUT2D eigenvalue weighted by molar-refractivity contribution is 0.0945. The normalized spacial score (nSPS) is 17.3. The number of halogens is 1. The average Bonchev–Trinajstić information content (AvgIpc) is 3.07. The summed E-state index contributed by atoms with van der Waals surface area (Å²) in [4.78, 5) is 13.6. The fourth-order valence-corrected chi connectivity index (χ4v) is 2.70. The Morgan fingerprint density at radius 1 is 1.35 bits per heavy atom. The van der Waals surface area contributed by atoms with Crippen LogP contribution in [0.1, 0.15) is 29.8 Å². The molecule has 0 saturated carbocycles. The molecule has 0 radical (unpaired) electrons. The van der Waals surface area contributed by atoms with Crippen LogP contribution >= 0.6 is 12.4 Å². The molecule has 1 aromatic carbocycles. The number of amides is 1. The highest BCUT2D eigenvalue weighted by molar-refractivity contribution is 5.91. The van der Waals surface area contributed by atoms with E-state index in [-0.39, 0.29) is 18.3 Å². The van der Waals surface area contributed by atoms with Crippen LogP contribution < -0.4 is 10.6 Å². The van der Waals surface area contributed by atoms with Crippen molar-refractivity contribution in [3.63, 3.8) is 0 Å². The maximum Gasteiger partial charge on any atom is 0.273 e. The lowest BCUT2D eigenvalue weighted by Gasteiger charge is -2.22. The summed E-state index contributed by atoms with van der Waals surface area (Å²) in [6.45, 7) is 2.86. The average molecular weight is 336 g/mol. The molecule has 6 nitrogen and oxygen atoms in total. The van der Waals surface area contributed by atoms with Crippen LogP contribution in [-0.2, 0) is 0 Å². The van der Waals surface area contributed by atoms with Gasteiger partial charge in [0.2, 0.25) is 0 Å². The van der Waals surface area contributed by atoms with Crippen molar-refractivity contribution in [1.29, 1.82) is 0 Å². The first-order valence-corrected chi connectivity index (χ1v) is 7.79. The van der Waals surface area contributed by atoms with Crippen molar-refractivity contribution in [2.45, 2.75) is 19.3 Å². The van der Waals surface area contributed by atoms with E-state index in [0.717, 1.165) is 25.2 Å². The van der Waals surface area contributed by atoms with Crippen molar-refractivity contribution >= 4 is 18.3 Å². The van der Waals surface area contributed by atoms with E-state index in [2.05, 4.69) is 20.8 Å². The molecular formula is C16H22ClN5O. The first-order valence-electron chi connectivity index (χ1n) is 7.79. The Hall–Kier alpha value is -1.92. The summed E-state index contributed by atoms with van der Waals surface area (Å²) < 4.78 is 0. The van der Waals surface area contributed by atoms with E-state index >= 15 is 0 Å². The quantitative estimate of drug-likeness (QED) is 0.874. The zero-order valence-corrected chi connectivity index (χ0v) is 13.8. The van der Waals surface area contributed by atoms with E-state index in [1.165, 1.54) is 23.8 Å². The molecule has 1 aromatic heterocycles. The summed E-state index contributed by atoms with van der Waals surface area (Å²) in [6.07, 6.45) is 4.98. The highest BCUT2D eigenvalue weighted by Gasteiger charge is 2.14. The van der Waals surface area contributed by atoms with Gasteiger partial charge in [-0.25, -0.2) is 0 Å². The second-order valence-corrected chi connectivity index (χ2v) is 5.61. The number of rotatable bonds is 5. The zero-order chi connectivity index (χ0) is 15.2. The molecule has 0 aliphatic carbocycles. The van der Waals surface area contributed by atoms with Gasteiger partial charge in [-0.1, -0.05) is 18.2 Å². The van der Waals surface area contributed by atoms with Crippen LogP contribution in [-0.4, -0.2) is 40.5 Å². The van der Waals surface area contributed by atoms with E-state index in [4.69, 9.17) is 0 Å². The predicted molar refractivity (Wildman–Crippen MR) is 91.2 cm³/mol. The number of aromatic nitrogens is 3. The lowest BCUT2D eigenvalue weighted by atomic mass is 9.96. The van der Waals surface area contributed by atoms with Crippen molar-refractivity contribution in [2.24, 2.45) is 5.92 Å². The molecule has 2 heterocycles. The number of benzene rings is 1. The van der Waals surface area contributed by atoms with Crippen molar-refractivity contribution < 1.29 is 4.79 Å². The molecule has 124 valence electrons. The van der Waals surface area contributed by atoms with Crippen LogP contribution in [0.2, 0.25) is 0 Å². The standard InChI is InChI=1S/C16H21N5O.ClH/c22-16(18-10-8-13-5-4-9-17-11-13)15-12-19-21(20-15)14-6-2-1-3-7-14;/h1-3,6-7,12-13,17H,4-5,8-11H2,(H,18,22);1H. The first kappa shape index (κ1) is 17.4. The summed E-state index contributed by atoms with van der Waals surface area (Å²) in [5.74, 6) is 0.500. The number of carbonyl (C=O) groups is 1. The van der Waals surface area contributed by atoms with E-state index in [9.17, 15) is 4.79 Å². The Labute approximate surface area is 142 Å². The Morgan fingerprint density at radius 3 is 2.91 bits per heavy atom. The summed E-state index contributed by atoms with van der Waals surface area (Å²) in [5.41, 5.74) is 1.19. The third-order valence-electron chi connectivity index (χ3n) is 3.95. The van der Waals surface area contributed by atoms with Crippen LogP contribution in [0.25, 0.3) is 5.69 Å². The molecule has 0 bridgehead atoms. The van der Waals surface area contributed by atoms with E-state index in [0.29, 0.717) is 18.2 Å². The van der Waals surface area contributed by atoms with E-state index in [1.807, 2.05) is 30.3 Å². The Morgan fingerprint density at radius 2 is 2.17 bits per heavy atom. The molecule has 23 heavy (non-hydrogen) atoms.